The van der Waals surface area contributed by atoms with E-state index in [2.05, 4.69) is 21.2 Å². The van der Waals surface area contributed by atoms with Crippen molar-refractivity contribution in [2.45, 2.75) is 6.42 Å². The molecule has 1 aliphatic rings. The SMILES string of the molecule is Nc1c(C(=O)N2CCCNC(=O)C2)sc2cccc(Br)c12. The van der Waals surface area contributed by atoms with E-state index in [1.54, 1.807) is 4.90 Å². The average Bonchev–Trinajstić information content (AvgIpc) is 2.65. The second kappa shape index (κ2) is 5.65. The topological polar surface area (TPSA) is 75.4 Å². The molecule has 21 heavy (non-hydrogen) atoms. The number of thiophene rings is 1. The van der Waals surface area contributed by atoms with E-state index in [0.717, 1.165) is 21.0 Å². The average molecular weight is 368 g/mol. The van der Waals surface area contributed by atoms with Gasteiger partial charge in [-0.05, 0) is 18.6 Å². The Bertz CT molecular complexity index is 728. The summed E-state index contributed by atoms with van der Waals surface area (Å²) in [6.45, 7) is 1.26. The Labute approximate surface area is 134 Å². The molecule has 1 aromatic heterocycles. The molecule has 0 saturated carbocycles. The third-order valence-corrected chi connectivity index (χ3v) is 5.26. The van der Waals surface area contributed by atoms with Gasteiger partial charge in [-0.25, -0.2) is 0 Å². The Kier molecular flexibility index (Phi) is 3.86. The van der Waals surface area contributed by atoms with Gasteiger partial charge in [0.25, 0.3) is 5.91 Å². The number of amides is 2. The lowest BCUT2D eigenvalue weighted by Crippen LogP contribution is -2.37. The van der Waals surface area contributed by atoms with Crippen molar-refractivity contribution in [3.8, 4) is 0 Å². The predicted molar refractivity (Wildman–Crippen MR) is 87.5 cm³/mol. The van der Waals surface area contributed by atoms with Gasteiger partial charge in [-0.15, -0.1) is 11.3 Å². The molecule has 0 bridgehead atoms. The Morgan fingerprint density at radius 3 is 3.00 bits per heavy atom. The van der Waals surface area contributed by atoms with Gasteiger partial charge >= 0.3 is 0 Å². The van der Waals surface area contributed by atoms with E-state index in [1.165, 1.54) is 11.3 Å². The number of hydrogen-bond acceptors (Lipinski definition) is 4. The van der Waals surface area contributed by atoms with Crippen LogP contribution < -0.4 is 11.1 Å². The van der Waals surface area contributed by atoms with Crippen molar-refractivity contribution in [2.24, 2.45) is 0 Å². The van der Waals surface area contributed by atoms with Crippen molar-refractivity contribution < 1.29 is 9.59 Å². The van der Waals surface area contributed by atoms with Gasteiger partial charge in [0.15, 0.2) is 0 Å². The predicted octanol–water partition coefficient (Wildman–Crippen LogP) is 2.21. The van der Waals surface area contributed by atoms with Gasteiger partial charge in [-0.1, -0.05) is 22.0 Å². The van der Waals surface area contributed by atoms with Crippen molar-refractivity contribution in [3.63, 3.8) is 0 Å². The minimum Gasteiger partial charge on any atom is -0.397 e. The zero-order chi connectivity index (χ0) is 15.0. The molecule has 3 rings (SSSR count). The van der Waals surface area contributed by atoms with Crippen molar-refractivity contribution >= 4 is 54.9 Å². The van der Waals surface area contributed by atoms with Crippen LogP contribution >= 0.6 is 27.3 Å². The molecule has 0 aliphatic carbocycles. The van der Waals surface area contributed by atoms with E-state index in [1.807, 2.05) is 18.2 Å². The lowest BCUT2D eigenvalue weighted by molar-refractivity contribution is -0.121. The highest BCUT2D eigenvalue weighted by Gasteiger charge is 2.25. The molecule has 1 saturated heterocycles. The summed E-state index contributed by atoms with van der Waals surface area (Å²) in [4.78, 5) is 26.3. The summed E-state index contributed by atoms with van der Waals surface area (Å²) in [5, 5.41) is 3.63. The maximum Gasteiger partial charge on any atom is 0.266 e. The van der Waals surface area contributed by atoms with Crippen LogP contribution in [-0.4, -0.2) is 36.3 Å². The van der Waals surface area contributed by atoms with Crippen LogP contribution in [0.5, 0.6) is 0 Å². The molecule has 110 valence electrons. The highest BCUT2D eigenvalue weighted by molar-refractivity contribution is 9.10. The fraction of sp³-hybridized carbons (Fsp3) is 0.286. The molecule has 0 radical (unpaired) electrons. The van der Waals surface area contributed by atoms with Gasteiger partial charge in [0, 0.05) is 27.6 Å². The van der Waals surface area contributed by atoms with E-state index < -0.39 is 0 Å². The molecule has 1 aliphatic heterocycles. The Hall–Kier alpha value is -1.60. The van der Waals surface area contributed by atoms with Crippen molar-refractivity contribution in [1.82, 2.24) is 10.2 Å². The zero-order valence-electron chi connectivity index (χ0n) is 11.2. The molecule has 2 heterocycles. The number of nitrogens with zero attached hydrogens (tertiary/aromatic N) is 1. The second-order valence-electron chi connectivity index (χ2n) is 4.89. The van der Waals surface area contributed by atoms with Crippen LogP contribution in [0.25, 0.3) is 10.1 Å². The van der Waals surface area contributed by atoms with Crippen LogP contribution in [0.15, 0.2) is 22.7 Å². The fourth-order valence-corrected chi connectivity index (χ4v) is 4.24. The minimum absolute atomic E-state index is 0.0910. The molecule has 7 heteroatoms. The van der Waals surface area contributed by atoms with Crippen molar-refractivity contribution in [3.05, 3.63) is 27.5 Å². The summed E-state index contributed by atoms with van der Waals surface area (Å²) in [5.41, 5.74) is 6.64. The van der Waals surface area contributed by atoms with Crippen LogP contribution in [0.1, 0.15) is 16.1 Å². The molecule has 0 spiro atoms. The molecule has 3 N–H and O–H groups in total. The molecule has 1 fully saturated rings. The van der Waals surface area contributed by atoms with E-state index in [0.29, 0.717) is 23.7 Å². The van der Waals surface area contributed by atoms with Crippen LogP contribution in [0.3, 0.4) is 0 Å². The number of carbonyl (C=O) groups excluding carboxylic acids is 2. The number of nitrogen functional groups attached to an aromatic ring is 1. The number of nitrogens with two attached hydrogens (primary N) is 1. The highest BCUT2D eigenvalue weighted by atomic mass is 79.9. The summed E-state index contributed by atoms with van der Waals surface area (Å²) in [6, 6.07) is 5.75. The summed E-state index contributed by atoms with van der Waals surface area (Å²) in [7, 11) is 0. The standard InChI is InChI=1S/C14H14BrN3O2S/c15-8-3-1-4-9-11(8)12(16)13(21-9)14(20)18-6-2-5-17-10(19)7-18/h1,3-4H,2,5-7,16H2,(H,17,19). The summed E-state index contributed by atoms with van der Waals surface area (Å²) in [6.07, 6.45) is 0.756. The fourth-order valence-electron chi connectivity index (χ4n) is 2.41. The molecular weight excluding hydrogens is 354 g/mol. The van der Waals surface area contributed by atoms with Crippen molar-refractivity contribution in [2.75, 3.05) is 25.4 Å². The molecule has 2 aromatic rings. The third-order valence-electron chi connectivity index (χ3n) is 3.44. The van der Waals surface area contributed by atoms with Gasteiger partial charge in [0.2, 0.25) is 5.91 Å². The molecule has 1 aromatic carbocycles. The van der Waals surface area contributed by atoms with E-state index in [9.17, 15) is 9.59 Å². The van der Waals surface area contributed by atoms with E-state index in [4.69, 9.17) is 5.73 Å². The first-order chi connectivity index (χ1) is 10.1. The van der Waals surface area contributed by atoms with Gasteiger partial charge in [0.05, 0.1) is 12.2 Å². The van der Waals surface area contributed by atoms with Gasteiger partial charge in [-0.2, -0.15) is 0 Å². The lowest BCUT2D eigenvalue weighted by Gasteiger charge is -2.18. The summed E-state index contributed by atoms with van der Waals surface area (Å²) in [5.74, 6) is -0.292. The highest BCUT2D eigenvalue weighted by Crippen LogP contribution is 2.38. The largest absolute Gasteiger partial charge is 0.397 e. The van der Waals surface area contributed by atoms with Gasteiger partial charge < -0.3 is 16.0 Å². The number of fused-ring (bicyclic) bond motifs is 1. The van der Waals surface area contributed by atoms with Crippen LogP contribution in [0.2, 0.25) is 0 Å². The summed E-state index contributed by atoms with van der Waals surface area (Å²) >= 11 is 4.84. The van der Waals surface area contributed by atoms with Gasteiger partial charge in [0.1, 0.15) is 4.88 Å². The number of nitrogens with one attached hydrogen (secondary N) is 1. The van der Waals surface area contributed by atoms with E-state index >= 15 is 0 Å². The molecular formula is C14H14BrN3O2S. The van der Waals surface area contributed by atoms with Crippen LogP contribution in [0, 0.1) is 0 Å². The number of anilines is 1. The van der Waals surface area contributed by atoms with Crippen LogP contribution in [-0.2, 0) is 4.79 Å². The quantitative estimate of drug-likeness (QED) is 0.811. The molecule has 0 atom stereocenters. The Morgan fingerprint density at radius 2 is 2.24 bits per heavy atom. The van der Waals surface area contributed by atoms with Gasteiger partial charge in [-0.3, -0.25) is 9.59 Å². The first-order valence-corrected chi connectivity index (χ1v) is 8.21. The maximum atomic E-state index is 12.7. The first-order valence-electron chi connectivity index (χ1n) is 6.60. The minimum atomic E-state index is -0.169. The third kappa shape index (κ3) is 2.63. The smallest absolute Gasteiger partial charge is 0.266 e. The monoisotopic (exact) mass is 367 g/mol. The zero-order valence-corrected chi connectivity index (χ0v) is 13.6. The number of carbonyl (C=O) groups is 2. The normalized spacial score (nSPS) is 15.9. The first kappa shape index (κ1) is 14.3. The van der Waals surface area contributed by atoms with Crippen LogP contribution in [0.4, 0.5) is 5.69 Å². The molecule has 5 nitrogen and oxygen atoms in total. The molecule has 0 unspecified atom stereocenters. The Balaban J connectivity index is 1.99. The number of benzene rings is 1. The maximum absolute atomic E-state index is 12.7. The number of halogens is 1. The number of rotatable bonds is 1. The van der Waals surface area contributed by atoms with Crippen molar-refractivity contribution in [1.29, 1.82) is 0 Å². The summed E-state index contributed by atoms with van der Waals surface area (Å²) < 4.78 is 1.84. The van der Waals surface area contributed by atoms with E-state index in [-0.39, 0.29) is 18.4 Å². The molecule has 2 amide bonds. The number of hydrogen-bond donors (Lipinski definition) is 2. The second-order valence-corrected chi connectivity index (χ2v) is 6.79. The lowest BCUT2D eigenvalue weighted by atomic mass is 10.2. The Morgan fingerprint density at radius 1 is 1.43 bits per heavy atom.